The lowest BCUT2D eigenvalue weighted by atomic mass is 10.0. The Labute approximate surface area is 112 Å². The molecule has 0 bridgehead atoms. The Morgan fingerprint density at radius 2 is 2.11 bits per heavy atom. The summed E-state index contributed by atoms with van der Waals surface area (Å²) in [6.45, 7) is 1.94. The van der Waals surface area contributed by atoms with E-state index in [4.69, 9.17) is 5.11 Å². The molecule has 0 atom stereocenters. The summed E-state index contributed by atoms with van der Waals surface area (Å²) in [7, 11) is -3.68. The fraction of sp³-hybridized carbons (Fsp3) is 0.538. The topological polar surface area (TPSA) is 66.4 Å². The highest BCUT2D eigenvalue weighted by atomic mass is 32.2. The lowest BCUT2D eigenvalue weighted by molar-refractivity contribution is 0.249. The van der Waals surface area contributed by atoms with Gasteiger partial charge in [-0.2, -0.15) is 0 Å². The fourth-order valence-electron chi connectivity index (χ4n) is 2.00. The summed E-state index contributed by atoms with van der Waals surface area (Å²) in [5, 5.41) is 8.93. The van der Waals surface area contributed by atoms with Gasteiger partial charge in [0.2, 0.25) is 10.0 Å². The standard InChI is InChI=1S/C13H18FNO3S/c1-10-2-3-11(8-12(10)14)19(17,18)15-9-13(4-5-13)6-7-16/h2-3,8,15-16H,4-7,9H2,1H3. The lowest BCUT2D eigenvalue weighted by Crippen LogP contribution is -2.30. The second kappa shape index (κ2) is 5.19. The quantitative estimate of drug-likeness (QED) is 0.834. The van der Waals surface area contributed by atoms with E-state index in [9.17, 15) is 12.8 Å². The molecular weight excluding hydrogens is 269 g/mol. The van der Waals surface area contributed by atoms with E-state index in [0.717, 1.165) is 18.9 Å². The first kappa shape index (κ1) is 14.4. The second-order valence-corrected chi connectivity index (χ2v) is 6.98. The minimum atomic E-state index is -3.68. The number of aliphatic hydroxyl groups is 1. The van der Waals surface area contributed by atoms with Crippen LogP contribution in [0, 0.1) is 18.2 Å². The monoisotopic (exact) mass is 287 g/mol. The zero-order valence-corrected chi connectivity index (χ0v) is 11.6. The van der Waals surface area contributed by atoms with E-state index in [1.54, 1.807) is 6.92 Å². The van der Waals surface area contributed by atoms with E-state index in [0.29, 0.717) is 18.5 Å². The molecule has 4 nitrogen and oxygen atoms in total. The average molecular weight is 287 g/mol. The third-order valence-electron chi connectivity index (χ3n) is 3.69. The number of sulfonamides is 1. The Bertz CT molecular complexity index is 567. The molecule has 1 fully saturated rings. The minimum Gasteiger partial charge on any atom is -0.396 e. The maximum atomic E-state index is 13.4. The first-order chi connectivity index (χ1) is 8.88. The van der Waals surface area contributed by atoms with Gasteiger partial charge >= 0.3 is 0 Å². The molecule has 0 saturated heterocycles. The molecule has 19 heavy (non-hydrogen) atoms. The van der Waals surface area contributed by atoms with Crippen molar-refractivity contribution in [1.82, 2.24) is 4.72 Å². The first-order valence-corrected chi connectivity index (χ1v) is 7.74. The number of hydrogen-bond donors (Lipinski definition) is 2. The number of benzene rings is 1. The number of nitrogens with one attached hydrogen (secondary N) is 1. The number of aliphatic hydroxyl groups excluding tert-OH is 1. The van der Waals surface area contributed by atoms with Crippen LogP contribution in [0.1, 0.15) is 24.8 Å². The normalized spacial score (nSPS) is 17.4. The highest BCUT2D eigenvalue weighted by Crippen LogP contribution is 2.48. The maximum absolute atomic E-state index is 13.4. The van der Waals surface area contributed by atoms with Crippen LogP contribution in [0.2, 0.25) is 0 Å². The Hall–Kier alpha value is -0.980. The van der Waals surface area contributed by atoms with Gasteiger partial charge in [-0.25, -0.2) is 17.5 Å². The molecular formula is C13H18FNO3S. The summed E-state index contributed by atoms with van der Waals surface area (Å²) in [6.07, 6.45) is 2.43. The number of hydrogen-bond acceptors (Lipinski definition) is 3. The van der Waals surface area contributed by atoms with Gasteiger partial charge in [-0.3, -0.25) is 0 Å². The van der Waals surface area contributed by atoms with Crippen LogP contribution in [0.15, 0.2) is 23.1 Å². The van der Waals surface area contributed by atoms with Crippen LogP contribution >= 0.6 is 0 Å². The van der Waals surface area contributed by atoms with Crippen molar-refractivity contribution in [1.29, 1.82) is 0 Å². The molecule has 0 aromatic heterocycles. The van der Waals surface area contributed by atoms with Gasteiger partial charge in [0, 0.05) is 13.2 Å². The van der Waals surface area contributed by atoms with Gasteiger partial charge in [0.15, 0.2) is 0 Å². The Balaban J connectivity index is 2.08. The molecule has 1 aromatic carbocycles. The molecule has 0 unspecified atom stereocenters. The smallest absolute Gasteiger partial charge is 0.240 e. The van der Waals surface area contributed by atoms with E-state index in [2.05, 4.69) is 4.72 Å². The van der Waals surface area contributed by atoms with Crippen LogP contribution in [0.5, 0.6) is 0 Å². The van der Waals surface area contributed by atoms with Crippen molar-refractivity contribution >= 4 is 10.0 Å². The molecule has 6 heteroatoms. The molecule has 0 spiro atoms. The van der Waals surface area contributed by atoms with Crippen LogP contribution < -0.4 is 4.72 Å². The second-order valence-electron chi connectivity index (χ2n) is 5.21. The van der Waals surface area contributed by atoms with E-state index >= 15 is 0 Å². The number of rotatable bonds is 6. The minimum absolute atomic E-state index is 0.0564. The molecule has 0 amide bonds. The van der Waals surface area contributed by atoms with E-state index in [1.807, 2.05) is 0 Å². The zero-order chi connectivity index (χ0) is 14.1. The maximum Gasteiger partial charge on any atom is 0.240 e. The van der Waals surface area contributed by atoms with Crippen LogP contribution in [0.3, 0.4) is 0 Å². The SMILES string of the molecule is Cc1ccc(S(=O)(=O)NCC2(CCO)CC2)cc1F. The molecule has 106 valence electrons. The summed E-state index contributed by atoms with van der Waals surface area (Å²) < 4.78 is 40.0. The van der Waals surface area contributed by atoms with Crippen LogP contribution in [-0.2, 0) is 10.0 Å². The predicted octanol–water partition coefficient (Wildman–Crippen LogP) is 1.58. The molecule has 1 aromatic rings. The molecule has 0 radical (unpaired) electrons. The Morgan fingerprint density at radius 3 is 2.63 bits per heavy atom. The van der Waals surface area contributed by atoms with Gasteiger partial charge in [-0.15, -0.1) is 0 Å². The Kier molecular flexibility index (Phi) is 3.94. The van der Waals surface area contributed by atoms with Crippen molar-refractivity contribution < 1.29 is 17.9 Å². The molecule has 1 aliphatic rings. The van der Waals surface area contributed by atoms with Gasteiger partial charge in [0.05, 0.1) is 4.90 Å². The van der Waals surface area contributed by atoms with Crippen molar-refractivity contribution in [2.75, 3.05) is 13.2 Å². The summed E-state index contributed by atoms with van der Waals surface area (Å²) in [5.74, 6) is -0.528. The third-order valence-corrected chi connectivity index (χ3v) is 5.09. The summed E-state index contributed by atoms with van der Waals surface area (Å²) in [5.41, 5.74) is 0.309. The molecule has 0 aliphatic heterocycles. The van der Waals surface area contributed by atoms with Gasteiger partial charge in [0.25, 0.3) is 0 Å². The largest absolute Gasteiger partial charge is 0.396 e. The molecule has 2 rings (SSSR count). The van der Waals surface area contributed by atoms with Crippen LogP contribution in [-0.4, -0.2) is 26.7 Å². The summed E-state index contributed by atoms with van der Waals surface area (Å²) in [6, 6.07) is 3.88. The molecule has 2 N–H and O–H groups in total. The Morgan fingerprint density at radius 1 is 1.42 bits per heavy atom. The zero-order valence-electron chi connectivity index (χ0n) is 10.8. The van der Waals surface area contributed by atoms with Crippen molar-refractivity contribution in [3.05, 3.63) is 29.6 Å². The van der Waals surface area contributed by atoms with Gasteiger partial charge in [0.1, 0.15) is 5.82 Å². The van der Waals surface area contributed by atoms with Crippen molar-refractivity contribution in [2.45, 2.75) is 31.1 Å². The molecule has 1 aliphatic carbocycles. The summed E-state index contributed by atoms with van der Waals surface area (Å²) in [4.78, 5) is -0.0598. The highest BCUT2D eigenvalue weighted by Gasteiger charge is 2.42. The van der Waals surface area contributed by atoms with Crippen molar-refractivity contribution in [3.63, 3.8) is 0 Å². The molecule has 1 saturated carbocycles. The average Bonchev–Trinajstić information content (AvgIpc) is 3.11. The fourth-order valence-corrected chi connectivity index (χ4v) is 3.17. The van der Waals surface area contributed by atoms with Crippen molar-refractivity contribution in [2.24, 2.45) is 5.41 Å². The van der Waals surface area contributed by atoms with Crippen LogP contribution in [0.25, 0.3) is 0 Å². The van der Waals surface area contributed by atoms with E-state index in [-0.39, 0.29) is 16.9 Å². The van der Waals surface area contributed by atoms with Gasteiger partial charge in [-0.1, -0.05) is 6.07 Å². The third kappa shape index (κ3) is 3.32. The van der Waals surface area contributed by atoms with Crippen LogP contribution in [0.4, 0.5) is 4.39 Å². The lowest BCUT2D eigenvalue weighted by Gasteiger charge is -2.15. The highest BCUT2D eigenvalue weighted by molar-refractivity contribution is 7.89. The van der Waals surface area contributed by atoms with Gasteiger partial charge < -0.3 is 5.11 Å². The number of halogens is 1. The predicted molar refractivity (Wildman–Crippen MR) is 69.7 cm³/mol. The first-order valence-electron chi connectivity index (χ1n) is 6.25. The van der Waals surface area contributed by atoms with Crippen molar-refractivity contribution in [3.8, 4) is 0 Å². The van der Waals surface area contributed by atoms with Gasteiger partial charge in [-0.05, 0) is 49.3 Å². The summed E-state index contributed by atoms with van der Waals surface area (Å²) >= 11 is 0. The number of aryl methyl sites for hydroxylation is 1. The van der Waals surface area contributed by atoms with E-state index in [1.165, 1.54) is 12.1 Å². The molecule has 0 heterocycles. The van der Waals surface area contributed by atoms with E-state index < -0.39 is 15.8 Å².